The number of likely N-dealkylation sites (tertiary alicyclic amines) is 1. The van der Waals surface area contributed by atoms with E-state index in [0.29, 0.717) is 39.0 Å². The number of amides is 2. The molecule has 29 heavy (non-hydrogen) atoms. The molecule has 0 aliphatic carbocycles. The van der Waals surface area contributed by atoms with Crippen LogP contribution in [0.4, 0.5) is 0 Å². The van der Waals surface area contributed by atoms with Crippen molar-refractivity contribution in [1.82, 2.24) is 4.90 Å². The summed E-state index contributed by atoms with van der Waals surface area (Å²) in [7, 11) is 3.23. The zero-order valence-electron chi connectivity index (χ0n) is 17.0. The number of ether oxygens (including phenoxy) is 2. The first-order valence-corrected chi connectivity index (χ1v) is 9.78. The fourth-order valence-corrected chi connectivity index (χ4v) is 3.94. The van der Waals surface area contributed by atoms with Crippen LogP contribution >= 0.6 is 0 Å². The van der Waals surface area contributed by atoms with Crippen LogP contribution in [0.3, 0.4) is 0 Å². The zero-order valence-corrected chi connectivity index (χ0v) is 17.0. The van der Waals surface area contributed by atoms with Crippen LogP contribution in [0.15, 0.2) is 48.5 Å². The molecule has 0 spiro atoms. The van der Waals surface area contributed by atoms with Gasteiger partial charge in [-0.15, -0.1) is 0 Å². The van der Waals surface area contributed by atoms with Crippen molar-refractivity contribution >= 4 is 11.8 Å². The Kier molecular flexibility index (Phi) is 6.54. The van der Waals surface area contributed by atoms with Crippen LogP contribution in [-0.2, 0) is 20.7 Å². The summed E-state index contributed by atoms with van der Waals surface area (Å²) >= 11 is 0. The molecule has 0 aromatic heterocycles. The van der Waals surface area contributed by atoms with E-state index in [1.807, 2.05) is 48.5 Å². The van der Waals surface area contributed by atoms with Crippen molar-refractivity contribution in [3.63, 3.8) is 0 Å². The zero-order chi connectivity index (χ0) is 20.9. The van der Waals surface area contributed by atoms with Gasteiger partial charge in [0.1, 0.15) is 5.75 Å². The van der Waals surface area contributed by atoms with Crippen LogP contribution in [0, 0.1) is 5.41 Å². The van der Waals surface area contributed by atoms with Gasteiger partial charge in [-0.25, -0.2) is 0 Å². The number of carbonyl (C=O) groups excluding carboxylic acids is 2. The molecule has 1 unspecified atom stereocenters. The van der Waals surface area contributed by atoms with Gasteiger partial charge >= 0.3 is 0 Å². The Morgan fingerprint density at radius 1 is 1.10 bits per heavy atom. The SMILES string of the molecule is COCCC(=O)N1CCC(Cc2ccc(-c3ccccc3OC)cc2)(C(N)=O)C1. The van der Waals surface area contributed by atoms with E-state index in [2.05, 4.69) is 0 Å². The van der Waals surface area contributed by atoms with Crippen LogP contribution in [0.2, 0.25) is 0 Å². The number of para-hydroxylation sites is 1. The number of primary amides is 1. The molecule has 154 valence electrons. The molecule has 1 fully saturated rings. The smallest absolute Gasteiger partial charge is 0.225 e. The Balaban J connectivity index is 1.75. The summed E-state index contributed by atoms with van der Waals surface area (Å²) in [5.74, 6) is 0.463. The van der Waals surface area contributed by atoms with Crippen LogP contribution in [0.1, 0.15) is 18.4 Å². The van der Waals surface area contributed by atoms with Crippen molar-refractivity contribution < 1.29 is 19.1 Å². The molecule has 2 N–H and O–H groups in total. The van der Waals surface area contributed by atoms with Gasteiger partial charge in [0.15, 0.2) is 0 Å². The average Bonchev–Trinajstić information content (AvgIpc) is 3.18. The molecule has 3 rings (SSSR count). The van der Waals surface area contributed by atoms with Gasteiger partial charge in [0.2, 0.25) is 11.8 Å². The molecule has 6 nitrogen and oxygen atoms in total. The van der Waals surface area contributed by atoms with Crippen molar-refractivity contribution in [2.75, 3.05) is 33.9 Å². The molecular weight excluding hydrogens is 368 g/mol. The van der Waals surface area contributed by atoms with Crippen molar-refractivity contribution in [1.29, 1.82) is 0 Å². The van der Waals surface area contributed by atoms with Crippen LogP contribution in [0.25, 0.3) is 11.1 Å². The monoisotopic (exact) mass is 396 g/mol. The summed E-state index contributed by atoms with van der Waals surface area (Å²) in [4.78, 5) is 26.4. The number of methoxy groups -OCH3 is 2. The summed E-state index contributed by atoms with van der Waals surface area (Å²) in [6, 6.07) is 15.9. The van der Waals surface area contributed by atoms with Gasteiger partial charge in [0, 0.05) is 25.8 Å². The lowest BCUT2D eigenvalue weighted by Crippen LogP contribution is -2.42. The third kappa shape index (κ3) is 4.59. The lowest BCUT2D eigenvalue weighted by Gasteiger charge is -2.26. The molecule has 2 aromatic carbocycles. The number of hydrogen-bond donors (Lipinski definition) is 1. The number of rotatable bonds is 8. The Hall–Kier alpha value is -2.86. The van der Waals surface area contributed by atoms with Crippen molar-refractivity contribution in [3.8, 4) is 16.9 Å². The summed E-state index contributed by atoms with van der Waals surface area (Å²) in [5.41, 5.74) is 8.14. The van der Waals surface area contributed by atoms with Crippen molar-refractivity contribution in [3.05, 3.63) is 54.1 Å². The third-order valence-corrected chi connectivity index (χ3v) is 5.66. The lowest BCUT2D eigenvalue weighted by molar-refractivity contribution is -0.132. The maximum Gasteiger partial charge on any atom is 0.225 e. The molecule has 1 aliphatic rings. The van der Waals surface area contributed by atoms with Gasteiger partial charge in [-0.2, -0.15) is 0 Å². The van der Waals surface area contributed by atoms with Gasteiger partial charge in [-0.3, -0.25) is 9.59 Å². The molecule has 1 aliphatic heterocycles. The molecule has 1 saturated heterocycles. The minimum Gasteiger partial charge on any atom is -0.496 e. The van der Waals surface area contributed by atoms with Crippen LogP contribution < -0.4 is 10.5 Å². The lowest BCUT2D eigenvalue weighted by atomic mass is 9.80. The Morgan fingerprint density at radius 2 is 1.83 bits per heavy atom. The van der Waals surface area contributed by atoms with E-state index in [1.165, 1.54) is 0 Å². The maximum absolute atomic E-state index is 12.3. The van der Waals surface area contributed by atoms with E-state index in [9.17, 15) is 9.59 Å². The van der Waals surface area contributed by atoms with Gasteiger partial charge in [-0.05, 0) is 30.0 Å². The highest BCUT2D eigenvalue weighted by molar-refractivity contribution is 5.84. The maximum atomic E-state index is 12.3. The van der Waals surface area contributed by atoms with E-state index in [4.69, 9.17) is 15.2 Å². The summed E-state index contributed by atoms with van der Waals surface area (Å²) in [6.45, 7) is 1.28. The minimum atomic E-state index is -0.727. The molecule has 1 heterocycles. The van der Waals surface area contributed by atoms with Crippen molar-refractivity contribution in [2.24, 2.45) is 11.1 Å². The average molecular weight is 396 g/mol. The summed E-state index contributed by atoms with van der Waals surface area (Å²) < 4.78 is 10.4. The highest BCUT2D eigenvalue weighted by Gasteiger charge is 2.44. The van der Waals surface area contributed by atoms with Gasteiger partial charge in [0.05, 0.1) is 25.6 Å². The van der Waals surface area contributed by atoms with Crippen LogP contribution in [-0.4, -0.2) is 50.6 Å². The normalized spacial score (nSPS) is 18.6. The number of nitrogens with two attached hydrogens (primary N) is 1. The largest absolute Gasteiger partial charge is 0.496 e. The highest BCUT2D eigenvalue weighted by atomic mass is 16.5. The first-order valence-electron chi connectivity index (χ1n) is 9.78. The van der Waals surface area contributed by atoms with E-state index < -0.39 is 5.41 Å². The minimum absolute atomic E-state index is 0.00138. The second-order valence-corrected chi connectivity index (χ2v) is 7.53. The van der Waals surface area contributed by atoms with E-state index >= 15 is 0 Å². The summed E-state index contributed by atoms with van der Waals surface area (Å²) in [5, 5.41) is 0. The molecule has 6 heteroatoms. The van der Waals surface area contributed by atoms with Gasteiger partial charge in [0.25, 0.3) is 0 Å². The highest BCUT2D eigenvalue weighted by Crippen LogP contribution is 2.35. The molecule has 1 atom stereocenters. The Morgan fingerprint density at radius 3 is 2.48 bits per heavy atom. The van der Waals surface area contributed by atoms with E-state index in [1.54, 1.807) is 19.1 Å². The fraction of sp³-hybridized carbons (Fsp3) is 0.391. The van der Waals surface area contributed by atoms with Crippen molar-refractivity contribution in [2.45, 2.75) is 19.3 Å². The third-order valence-electron chi connectivity index (χ3n) is 5.66. The second-order valence-electron chi connectivity index (χ2n) is 7.53. The number of nitrogens with zero attached hydrogens (tertiary/aromatic N) is 1. The second kappa shape index (κ2) is 9.09. The quantitative estimate of drug-likeness (QED) is 0.744. The molecule has 0 saturated carbocycles. The molecule has 0 bridgehead atoms. The predicted molar refractivity (Wildman–Crippen MR) is 111 cm³/mol. The number of hydrogen-bond acceptors (Lipinski definition) is 4. The number of benzene rings is 2. The standard InChI is InChI=1S/C23H28N2O4/c1-28-14-11-21(26)25-13-12-23(16-25,22(24)27)15-17-7-9-18(10-8-17)19-5-3-4-6-20(19)29-2/h3-10H,11-16H2,1-2H3,(H2,24,27). The van der Waals surface area contributed by atoms with Crippen LogP contribution in [0.5, 0.6) is 5.75 Å². The molecular formula is C23H28N2O4. The van der Waals surface area contributed by atoms with Gasteiger partial charge in [-0.1, -0.05) is 42.5 Å². The first kappa shape index (κ1) is 20.9. The van der Waals surface area contributed by atoms with Gasteiger partial charge < -0.3 is 20.1 Å². The number of carbonyl (C=O) groups is 2. The summed E-state index contributed by atoms with van der Waals surface area (Å²) in [6.07, 6.45) is 1.41. The molecule has 0 radical (unpaired) electrons. The van der Waals surface area contributed by atoms with E-state index in [0.717, 1.165) is 22.4 Å². The Bertz CT molecular complexity index is 865. The topological polar surface area (TPSA) is 81.9 Å². The Labute approximate surface area is 171 Å². The molecule has 2 aromatic rings. The van der Waals surface area contributed by atoms with E-state index in [-0.39, 0.29) is 11.8 Å². The predicted octanol–water partition coefficient (Wildman–Crippen LogP) is 2.65. The fourth-order valence-electron chi connectivity index (χ4n) is 3.94. The first-order chi connectivity index (χ1) is 14.0. The molecule has 2 amide bonds.